The lowest BCUT2D eigenvalue weighted by Crippen LogP contribution is -2.27. The Kier molecular flexibility index (Phi) is 2.83. The van der Waals surface area contributed by atoms with Gasteiger partial charge in [0.1, 0.15) is 0 Å². The second-order valence-electron chi connectivity index (χ2n) is 2.81. The fraction of sp³-hybridized carbons (Fsp3) is 0.667. The molecule has 0 aliphatic carbocycles. The zero-order valence-electron chi connectivity index (χ0n) is 7.37. The monoisotopic (exact) mass is 153 g/mol. The molecule has 0 aromatic heterocycles. The molecule has 0 radical (unpaired) electrons. The van der Waals surface area contributed by atoms with E-state index in [4.69, 9.17) is 4.74 Å². The van der Waals surface area contributed by atoms with Gasteiger partial charge >= 0.3 is 0 Å². The average molecular weight is 153 g/mol. The molecule has 0 aromatic rings. The zero-order chi connectivity index (χ0) is 8.27. The number of dihydropyridines is 1. The van der Waals surface area contributed by atoms with Crippen LogP contribution in [0.25, 0.3) is 0 Å². The summed E-state index contributed by atoms with van der Waals surface area (Å²) in [4.78, 5) is 4.46. The van der Waals surface area contributed by atoms with Crippen molar-refractivity contribution in [1.29, 1.82) is 0 Å². The van der Waals surface area contributed by atoms with Crippen LogP contribution in [-0.4, -0.2) is 25.0 Å². The summed E-state index contributed by atoms with van der Waals surface area (Å²) >= 11 is 0. The molecule has 0 amide bonds. The van der Waals surface area contributed by atoms with E-state index in [9.17, 15) is 0 Å². The first-order valence-electron chi connectivity index (χ1n) is 4.03. The summed E-state index contributed by atoms with van der Waals surface area (Å²) in [5.41, 5.74) is 1.10. The third-order valence-corrected chi connectivity index (χ3v) is 1.97. The Bertz CT molecular complexity index is 184. The van der Waals surface area contributed by atoms with Gasteiger partial charge in [-0.15, -0.1) is 0 Å². The number of hydrogen-bond acceptors (Lipinski definition) is 2. The molecule has 11 heavy (non-hydrogen) atoms. The molecule has 0 saturated carbocycles. The summed E-state index contributed by atoms with van der Waals surface area (Å²) in [5, 5.41) is 0. The van der Waals surface area contributed by atoms with Gasteiger partial charge in [0, 0.05) is 12.8 Å². The molecule has 2 unspecified atom stereocenters. The Morgan fingerprint density at radius 3 is 2.91 bits per heavy atom. The van der Waals surface area contributed by atoms with Crippen LogP contribution in [0.3, 0.4) is 0 Å². The highest BCUT2D eigenvalue weighted by Gasteiger charge is 2.18. The van der Waals surface area contributed by atoms with E-state index in [1.807, 2.05) is 13.0 Å². The van der Waals surface area contributed by atoms with E-state index in [2.05, 4.69) is 18.0 Å². The van der Waals surface area contributed by atoms with Crippen molar-refractivity contribution in [3.8, 4) is 0 Å². The molecule has 62 valence electrons. The van der Waals surface area contributed by atoms with Crippen molar-refractivity contribution >= 4 is 5.71 Å². The molecule has 2 atom stereocenters. The van der Waals surface area contributed by atoms with Crippen molar-refractivity contribution in [2.45, 2.75) is 32.4 Å². The quantitative estimate of drug-likeness (QED) is 0.593. The first-order valence-corrected chi connectivity index (χ1v) is 4.03. The molecule has 1 aliphatic heterocycles. The second-order valence-corrected chi connectivity index (χ2v) is 2.81. The summed E-state index contributed by atoms with van der Waals surface area (Å²) in [6, 6.07) is 0.324. The van der Waals surface area contributed by atoms with E-state index in [0.717, 1.165) is 12.1 Å². The van der Waals surface area contributed by atoms with Crippen molar-refractivity contribution in [2.75, 3.05) is 7.11 Å². The lowest BCUT2D eigenvalue weighted by atomic mass is 10.1. The highest BCUT2D eigenvalue weighted by atomic mass is 16.5. The van der Waals surface area contributed by atoms with Gasteiger partial charge in [0.25, 0.3) is 0 Å². The van der Waals surface area contributed by atoms with Crippen LogP contribution in [0, 0.1) is 0 Å². The molecule has 1 aliphatic rings. The van der Waals surface area contributed by atoms with Crippen LogP contribution in [0.4, 0.5) is 0 Å². The number of ether oxygens (including phenoxy) is 1. The predicted octanol–water partition coefficient (Wildman–Crippen LogP) is 1.81. The zero-order valence-corrected chi connectivity index (χ0v) is 7.37. The van der Waals surface area contributed by atoms with Crippen molar-refractivity contribution < 1.29 is 4.74 Å². The first kappa shape index (κ1) is 8.47. The van der Waals surface area contributed by atoms with E-state index in [-0.39, 0.29) is 6.10 Å². The van der Waals surface area contributed by atoms with Crippen molar-refractivity contribution in [1.82, 2.24) is 0 Å². The van der Waals surface area contributed by atoms with Crippen LogP contribution < -0.4 is 0 Å². The third-order valence-electron chi connectivity index (χ3n) is 1.97. The average Bonchev–Trinajstić information content (AvgIpc) is 2.04. The highest BCUT2D eigenvalue weighted by molar-refractivity contribution is 5.93. The Morgan fingerprint density at radius 2 is 2.36 bits per heavy atom. The Labute approximate surface area is 68.0 Å². The van der Waals surface area contributed by atoms with Crippen LogP contribution >= 0.6 is 0 Å². The van der Waals surface area contributed by atoms with Crippen LogP contribution in [0.5, 0.6) is 0 Å². The Hall–Kier alpha value is -0.630. The fourth-order valence-corrected chi connectivity index (χ4v) is 1.30. The summed E-state index contributed by atoms with van der Waals surface area (Å²) in [6.45, 7) is 4.15. The van der Waals surface area contributed by atoms with Crippen molar-refractivity contribution in [3.63, 3.8) is 0 Å². The van der Waals surface area contributed by atoms with Gasteiger partial charge in [0.2, 0.25) is 0 Å². The lowest BCUT2D eigenvalue weighted by molar-refractivity contribution is 0.116. The van der Waals surface area contributed by atoms with Gasteiger partial charge in [0.15, 0.2) is 0 Å². The number of rotatable bonds is 2. The van der Waals surface area contributed by atoms with Gasteiger partial charge in [-0.05, 0) is 19.4 Å². The Morgan fingerprint density at radius 1 is 1.64 bits per heavy atom. The maximum Gasteiger partial charge on any atom is 0.0979 e. The fourth-order valence-electron chi connectivity index (χ4n) is 1.30. The summed E-state index contributed by atoms with van der Waals surface area (Å²) in [7, 11) is 1.73. The molecular formula is C9H15NO. The van der Waals surface area contributed by atoms with Gasteiger partial charge in [-0.25, -0.2) is 0 Å². The van der Waals surface area contributed by atoms with Gasteiger partial charge < -0.3 is 4.74 Å². The van der Waals surface area contributed by atoms with Crippen LogP contribution in [0.1, 0.15) is 20.3 Å². The summed E-state index contributed by atoms with van der Waals surface area (Å²) in [5.74, 6) is 0. The molecule has 0 aromatic carbocycles. The lowest BCUT2D eigenvalue weighted by Gasteiger charge is -2.22. The standard InChI is InChI=1S/C9H15NO/c1-4-8-9(11-3)6-5-7(2)10-8/h5-6,8-9H,4H2,1-3H3. The minimum Gasteiger partial charge on any atom is -0.375 e. The number of hydrogen-bond donors (Lipinski definition) is 0. The van der Waals surface area contributed by atoms with Crippen LogP contribution in [0.15, 0.2) is 17.1 Å². The van der Waals surface area contributed by atoms with Crippen molar-refractivity contribution in [3.05, 3.63) is 12.2 Å². The largest absolute Gasteiger partial charge is 0.375 e. The molecule has 0 saturated heterocycles. The van der Waals surface area contributed by atoms with E-state index in [1.54, 1.807) is 7.11 Å². The topological polar surface area (TPSA) is 21.6 Å². The molecule has 1 rings (SSSR count). The summed E-state index contributed by atoms with van der Waals surface area (Å²) in [6.07, 6.45) is 5.32. The highest BCUT2D eigenvalue weighted by Crippen LogP contribution is 2.13. The van der Waals surface area contributed by atoms with E-state index in [1.165, 1.54) is 0 Å². The normalized spacial score (nSPS) is 30.3. The number of methoxy groups -OCH3 is 1. The SMILES string of the molecule is CCC1N=C(C)C=CC1OC. The molecule has 0 fully saturated rings. The molecule has 1 heterocycles. The maximum absolute atomic E-state index is 5.25. The number of aliphatic imine (C=N–C) groups is 1. The van der Waals surface area contributed by atoms with Crippen LogP contribution in [0.2, 0.25) is 0 Å². The molecular weight excluding hydrogens is 138 g/mol. The minimum atomic E-state index is 0.184. The second kappa shape index (κ2) is 3.67. The first-order chi connectivity index (χ1) is 5.27. The smallest absolute Gasteiger partial charge is 0.0979 e. The van der Waals surface area contributed by atoms with Crippen LogP contribution in [-0.2, 0) is 4.74 Å². The molecule has 0 spiro atoms. The number of nitrogens with zero attached hydrogens (tertiary/aromatic N) is 1. The van der Waals surface area contributed by atoms with Gasteiger partial charge in [-0.2, -0.15) is 0 Å². The Balaban J connectivity index is 2.66. The third kappa shape index (κ3) is 1.90. The molecule has 0 N–H and O–H groups in total. The van der Waals surface area contributed by atoms with Gasteiger partial charge in [-0.3, -0.25) is 4.99 Å². The predicted molar refractivity (Wildman–Crippen MR) is 47.1 cm³/mol. The summed E-state index contributed by atoms with van der Waals surface area (Å²) < 4.78 is 5.25. The van der Waals surface area contributed by atoms with E-state index < -0.39 is 0 Å². The maximum atomic E-state index is 5.25. The minimum absolute atomic E-state index is 0.184. The van der Waals surface area contributed by atoms with E-state index in [0.29, 0.717) is 6.04 Å². The molecule has 2 nitrogen and oxygen atoms in total. The molecule has 2 heteroatoms. The van der Waals surface area contributed by atoms with Gasteiger partial charge in [0.05, 0.1) is 12.1 Å². The number of allylic oxidation sites excluding steroid dienone is 1. The van der Waals surface area contributed by atoms with Crippen molar-refractivity contribution in [2.24, 2.45) is 4.99 Å². The molecule has 0 bridgehead atoms. The van der Waals surface area contributed by atoms with Gasteiger partial charge in [-0.1, -0.05) is 13.0 Å². The van der Waals surface area contributed by atoms with E-state index >= 15 is 0 Å².